The summed E-state index contributed by atoms with van der Waals surface area (Å²) < 4.78 is 52.0. The van der Waals surface area contributed by atoms with Crippen LogP contribution < -0.4 is 4.74 Å². The van der Waals surface area contributed by atoms with Crippen molar-refractivity contribution in [3.05, 3.63) is 24.1 Å². The van der Waals surface area contributed by atoms with Crippen molar-refractivity contribution in [3.63, 3.8) is 0 Å². The van der Waals surface area contributed by atoms with E-state index in [1.807, 2.05) is 0 Å². The Kier molecular flexibility index (Phi) is 4.30. The van der Waals surface area contributed by atoms with Gasteiger partial charge in [-0.3, -0.25) is 0 Å². The number of hydrogen-bond donors (Lipinski definition) is 0. The fourth-order valence-corrected chi connectivity index (χ4v) is 4.20. The van der Waals surface area contributed by atoms with Gasteiger partial charge in [0.15, 0.2) is 5.82 Å². The molecule has 0 unspecified atom stereocenters. The number of ether oxygens (including phenoxy) is 2. The predicted octanol–water partition coefficient (Wildman–Crippen LogP) is 0.639. The van der Waals surface area contributed by atoms with Crippen LogP contribution in [0.4, 0.5) is 4.39 Å². The van der Waals surface area contributed by atoms with Crippen LogP contribution in [-0.2, 0) is 14.9 Å². The van der Waals surface area contributed by atoms with E-state index < -0.39 is 21.6 Å². The highest BCUT2D eigenvalue weighted by molar-refractivity contribution is 7.86. The van der Waals surface area contributed by atoms with Crippen LogP contribution in [-0.4, -0.2) is 67.5 Å². The number of halogens is 1. The molecule has 1 aromatic heterocycles. The van der Waals surface area contributed by atoms with E-state index in [-0.39, 0.29) is 18.5 Å². The minimum absolute atomic E-state index is 0.0473. The molecule has 2 aliphatic rings. The highest BCUT2D eigenvalue weighted by atomic mass is 32.2. The average molecular weight is 345 g/mol. The third kappa shape index (κ3) is 3.18. The third-order valence-electron chi connectivity index (χ3n) is 4.25. The molecule has 3 rings (SSSR count). The fraction of sp³-hybridized carbons (Fsp3) is 0.643. The largest absolute Gasteiger partial charge is 0.470 e. The first kappa shape index (κ1) is 16.6. The molecule has 0 N–H and O–H groups in total. The predicted molar refractivity (Wildman–Crippen MR) is 80.7 cm³/mol. The standard InChI is InChI=1S/C14H20FN3O4S/c1-17(2)23(19,20)18-7-5-14(10-18)8-11(9-21-14)22-13-12(15)4-3-6-16-13/h3-4,6,11H,5,7-10H2,1-2H3/t11-,14+/m1/s1. The molecule has 0 aromatic carbocycles. The van der Waals surface area contributed by atoms with E-state index in [0.29, 0.717) is 26.0 Å². The first-order valence-corrected chi connectivity index (χ1v) is 8.81. The van der Waals surface area contributed by atoms with E-state index >= 15 is 0 Å². The quantitative estimate of drug-likeness (QED) is 0.801. The Morgan fingerprint density at radius 1 is 1.52 bits per heavy atom. The molecular weight excluding hydrogens is 325 g/mol. The van der Waals surface area contributed by atoms with E-state index in [1.165, 1.54) is 41.0 Å². The van der Waals surface area contributed by atoms with Gasteiger partial charge in [0.05, 0.1) is 12.2 Å². The van der Waals surface area contributed by atoms with Gasteiger partial charge in [-0.05, 0) is 18.6 Å². The van der Waals surface area contributed by atoms with Gasteiger partial charge in [0.1, 0.15) is 6.10 Å². The summed E-state index contributed by atoms with van der Waals surface area (Å²) in [5, 5.41) is 0. The molecule has 23 heavy (non-hydrogen) atoms. The summed E-state index contributed by atoms with van der Waals surface area (Å²) >= 11 is 0. The molecule has 0 radical (unpaired) electrons. The van der Waals surface area contributed by atoms with Crippen molar-refractivity contribution in [2.24, 2.45) is 0 Å². The molecule has 2 atom stereocenters. The molecule has 0 amide bonds. The van der Waals surface area contributed by atoms with Crippen LogP contribution in [0.2, 0.25) is 0 Å². The van der Waals surface area contributed by atoms with Crippen LogP contribution in [0.5, 0.6) is 5.88 Å². The normalized spacial score (nSPS) is 28.8. The van der Waals surface area contributed by atoms with E-state index in [9.17, 15) is 12.8 Å². The third-order valence-corrected chi connectivity index (χ3v) is 6.13. The molecule has 0 saturated carbocycles. The minimum atomic E-state index is -3.45. The van der Waals surface area contributed by atoms with E-state index in [1.54, 1.807) is 0 Å². The summed E-state index contributed by atoms with van der Waals surface area (Å²) in [6.07, 6.45) is 2.25. The highest BCUT2D eigenvalue weighted by Crippen LogP contribution is 2.37. The molecule has 2 aliphatic heterocycles. The van der Waals surface area contributed by atoms with Gasteiger partial charge in [-0.15, -0.1) is 0 Å². The van der Waals surface area contributed by atoms with Crippen molar-refractivity contribution < 1.29 is 22.3 Å². The van der Waals surface area contributed by atoms with Crippen LogP contribution in [0.1, 0.15) is 12.8 Å². The van der Waals surface area contributed by atoms with Crippen molar-refractivity contribution in [2.45, 2.75) is 24.5 Å². The molecule has 7 nitrogen and oxygen atoms in total. The van der Waals surface area contributed by atoms with Gasteiger partial charge in [0.2, 0.25) is 0 Å². The Morgan fingerprint density at radius 3 is 3.00 bits per heavy atom. The summed E-state index contributed by atoms with van der Waals surface area (Å²) in [6, 6.07) is 2.78. The second-order valence-electron chi connectivity index (χ2n) is 6.10. The Bertz CT molecular complexity index is 684. The van der Waals surface area contributed by atoms with E-state index in [2.05, 4.69) is 4.98 Å². The Morgan fingerprint density at radius 2 is 2.30 bits per heavy atom. The number of aromatic nitrogens is 1. The van der Waals surface area contributed by atoms with Gasteiger partial charge in [-0.25, -0.2) is 9.37 Å². The maximum absolute atomic E-state index is 13.6. The highest BCUT2D eigenvalue weighted by Gasteiger charge is 2.49. The summed E-state index contributed by atoms with van der Waals surface area (Å²) in [6.45, 7) is 0.995. The zero-order valence-electron chi connectivity index (χ0n) is 13.1. The van der Waals surface area contributed by atoms with E-state index in [0.717, 1.165) is 0 Å². The number of pyridine rings is 1. The SMILES string of the molecule is CN(C)S(=O)(=O)N1CC[C@]2(C[C@@H](Oc3ncccc3F)CO2)C1. The van der Waals surface area contributed by atoms with E-state index in [4.69, 9.17) is 9.47 Å². The van der Waals surface area contributed by atoms with Gasteiger partial charge in [0.25, 0.3) is 16.1 Å². The molecule has 2 fully saturated rings. The zero-order chi connectivity index (χ0) is 16.7. The van der Waals surface area contributed by atoms with Gasteiger partial charge >= 0.3 is 0 Å². The molecule has 2 saturated heterocycles. The number of hydrogen-bond acceptors (Lipinski definition) is 5. The zero-order valence-corrected chi connectivity index (χ0v) is 13.9. The van der Waals surface area contributed by atoms with Crippen molar-refractivity contribution in [1.29, 1.82) is 0 Å². The topological polar surface area (TPSA) is 72.0 Å². The Balaban J connectivity index is 1.65. The molecule has 3 heterocycles. The summed E-state index contributed by atoms with van der Waals surface area (Å²) in [4.78, 5) is 3.87. The fourth-order valence-electron chi connectivity index (χ4n) is 3.01. The monoisotopic (exact) mass is 345 g/mol. The van der Waals surface area contributed by atoms with Crippen molar-refractivity contribution in [3.8, 4) is 5.88 Å². The lowest BCUT2D eigenvalue weighted by Gasteiger charge is -2.24. The van der Waals surface area contributed by atoms with Gasteiger partial charge in [-0.2, -0.15) is 17.0 Å². The smallest absolute Gasteiger partial charge is 0.281 e. The molecule has 128 valence electrons. The van der Waals surface area contributed by atoms with Gasteiger partial charge < -0.3 is 9.47 Å². The summed E-state index contributed by atoms with van der Waals surface area (Å²) in [5.74, 6) is -0.564. The number of rotatable bonds is 4. The minimum Gasteiger partial charge on any atom is -0.470 e. The average Bonchev–Trinajstić information content (AvgIpc) is 3.09. The van der Waals surface area contributed by atoms with Crippen LogP contribution in [0.3, 0.4) is 0 Å². The van der Waals surface area contributed by atoms with Crippen LogP contribution in [0.25, 0.3) is 0 Å². The molecule has 0 aliphatic carbocycles. The second-order valence-corrected chi connectivity index (χ2v) is 8.24. The molecule has 0 bridgehead atoms. The first-order chi connectivity index (χ1) is 10.8. The lowest BCUT2D eigenvalue weighted by Crippen LogP contribution is -2.41. The lowest BCUT2D eigenvalue weighted by atomic mass is 9.98. The lowest BCUT2D eigenvalue weighted by molar-refractivity contribution is 0.0139. The molecule has 9 heteroatoms. The summed E-state index contributed by atoms with van der Waals surface area (Å²) in [5.41, 5.74) is -0.557. The maximum atomic E-state index is 13.6. The van der Waals surface area contributed by atoms with Crippen molar-refractivity contribution in [2.75, 3.05) is 33.8 Å². The molecule has 1 spiro atoms. The second kappa shape index (κ2) is 5.97. The van der Waals surface area contributed by atoms with Gasteiger partial charge in [-0.1, -0.05) is 0 Å². The molecule has 1 aromatic rings. The van der Waals surface area contributed by atoms with Crippen LogP contribution in [0, 0.1) is 5.82 Å². The van der Waals surface area contributed by atoms with Gasteiger partial charge in [0, 0.05) is 39.8 Å². The Labute approximate surface area is 135 Å². The Hall–Kier alpha value is -1.29. The molecular formula is C14H20FN3O4S. The number of nitrogens with zero attached hydrogens (tertiary/aromatic N) is 3. The van der Waals surface area contributed by atoms with Crippen LogP contribution in [0.15, 0.2) is 18.3 Å². The maximum Gasteiger partial charge on any atom is 0.281 e. The van der Waals surface area contributed by atoms with Crippen molar-refractivity contribution >= 4 is 10.2 Å². The first-order valence-electron chi connectivity index (χ1n) is 7.41. The van der Waals surface area contributed by atoms with Crippen LogP contribution >= 0.6 is 0 Å². The summed E-state index contributed by atoms with van der Waals surface area (Å²) in [7, 11) is -0.439. The van der Waals surface area contributed by atoms with Crippen molar-refractivity contribution in [1.82, 2.24) is 13.6 Å².